The topological polar surface area (TPSA) is 50.1 Å². The third-order valence-electron chi connectivity index (χ3n) is 4.41. The molecule has 1 rings (SSSR count). The molecule has 0 spiro atoms. The first-order valence-electron chi connectivity index (χ1n) is 7.72. The SMILES string of the molecule is CC(C)C(C#N)C(=O)c1ccc(O[Si](C)(C)C(C)(C)C)cc1. The molecule has 1 unspecified atom stereocenters. The van der Waals surface area contributed by atoms with Crippen LogP contribution in [0.3, 0.4) is 0 Å². The molecule has 0 aliphatic rings. The fourth-order valence-corrected chi connectivity index (χ4v) is 2.86. The molecule has 120 valence electrons. The minimum absolute atomic E-state index is 0.0145. The van der Waals surface area contributed by atoms with Crippen molar-refractivity contribution in [2.45, 2.75) is 52.8 Å². The molecular formula is C18H27NO2Si. The summed E-state index contributed by atoms with van der Waals surface area (Å²) in [5.74, 6) is 0.102. The first-order valence-corrected chi connectivity index (χ1v) is 10.6. The number of nitriles is 1. The molecule has 22 heavy (non-hydrogen) atoms. The van der Waals surface area contributed by atoms with E-state index in [4.69, 9.17) is 9.69 Å². The van der Waals surface area contributed by atoms with Crippen LogP contribution in [0.1, 0.15) is 45.0 Å². The highest BCUT2D eigenvalue weighted by molar-refractivity contribution is 6.74. The summed E-state index contributed by atoms with van der Waals surface area (Å²) in [7, 11) is -1.87. The molecule has 3 nitrogen and oxygen atoms in total. The molecular weight excluding hydrogens is 290 g/mol. The van der Waals surface area contributed by atoms with Gasteiger partial charge in [0.15, 0.2) is 5.78 Å². The van der Waals surface area contributed by atoms with E-state index in [1.54, 1.807) is 12.1 Å². The Balaban J connectivity index is 2.93. The number of hydrogen-bond acceptors (Lipinski definition) is 3. The summed E-state index contributed by atoms with van der Waals surface area (Å²) in [4.78, 5) is 12.3. The van der Waals surface area contributed by atoms with Crippen LogP contribution in [-0.2, 0) is 0 Å². The fraction of sp³-hybridized carbons (Fsp3) is 0.556. The highest BCUT2D eigenvalue weighted by atomic mass is 28.4. The summed E-state index contributed by atoms with van der Waals surface area (Å²) in [5.41, 5.74) is 0.572. The van der Waals surface area contributed by atoms with Gasteiger partial charge in [-0.1, -0.05) is 34.6 Å². The van der Waals surface area contributed by atoms with E-state index in [1.165, 1.54) is 0 Å². The van der Waals surface area contributed by atoms with E-state index >= 15 is 0 Å². The Labute approximate surface area is 135 Å². The van der Waals surface area contributed by atoms with Crippen LogP contribution in [0.15, 0.2) is 24.3 Å². The van der Waals surface area contributed by atoms with Crippen LogP contribution in [-0.4, -0.2) is 14.1 Å². The number of nitrogens with zero attached hydrogens (tertiary/aromatic N) is 1. The van der Waals surface area contributed by atoms with E-state index in [2.05, 4.69) is 39.9 Å². The van der Waals surface area contributed by atoms with E-state index in [1.807, 2.05) is 26.0 Å². The quantitative estimate of drug-likeness (QED) is 0.564. The van der Waals surface area contributed by atoms with E-state index < -0.39 is 14.2 Å². The second-order valence-corrected chi connectivity index (χ2v) is 12.3. The number of ketones is 1. The Kier molecular flexibility index (Phi) is 5.58. The van der Waals surface area contributed by atoms with Crippen LogP contribution >= 0.6 is 0 Å². The monoisotopic (exact) mass is 317 g/mol. The number of benzene rings is 1. The summed E-state index contributed by atoms with van der Waals surface area (Å²) < 4.78 is 6.20. The zero-order valence-electron chi connectivity index (χ0n) is 14.7. The van der Waals surface area contributed by atoms with Crippen LogP contribution in [0, 0.1) is 23.2 Å². The van der Waals surface area contributed by atoms with E-state index in [0.29, 0.717) is 5.56 Å². The summed E-state index contributed by atoms with van der Waals surface area (Å²) in [6.45, 7) is 14.7. The number of carbonyl (C=O) groups is 1. The van der Waals surface area contributed by atoms with E-state index in [0.717, 1.165) is 5.75 Å². The average Bonchev–Trinajstić information content (AvgIpc) is 2.38. The predicted molar refractivity (Wildman–Crippen MR) is 92.5 cm³/mol. The van der Waals surface area contributed by atoms with Gasteiger partial charge in [0.2, 0.25) is 8.32 Å². The van der Waals surface area contributed by atoms with Crippen LogP contribution in [0.5, 0.6) is 5.75 Å². The first kappa shape index (κ1) is 18.4. The van der Waals surface area contributed by atoms with Crippen molar-refractivity contribution in [3.63, 3.8) is 0 Å². The molecule has 0 bridgehead atoms. The van der Waals surface area contributed by atoms with Crippen molar-refractivity contribution in [3.8, 4) is 11.8 Å². The van der Waals surface area contributed by atoms with Gasteiger partial charge in [-0.15, -0.1) is 0 Å². The Morgan fingerprint density at radius 3 is 2.05 bits per heavy atom. The van der Waals surface area contributed by atoms with Crippen molar-refractivity contribution in [2.75, 3.05) is 0 Å². The zero-order valence-corrected chi connectivity index (χ0v) is 15.7. The Morgan fingerprint density at radius 2 is 1.68 bits per heavy atom. The molecule has 0 radical (unpaired) electrons. The van der Waals surface area contributed by atoms with Gasteiger partial charge in [-0.2, -0.15) is 5.26 Å². The maximum absolute atomic E-state index is 12.3. The van der Waals surface area contributed by atoms with Crippen LogP contribution < -0.4 is 4.43 Å². The third kappa shape index (κ3) is 4.20. The molecule has 0 aliphatic heterocycles. The molecule has 0 N–H and O–H groups in total. The normalized spacial score (nSPS) is 13.6. The Hall–Kier alpha value is -1.60. The summed E-state index contributed by atoms with van der Waals surface area (Å²) >= 11 is 0. The Bertz CT molecular complexity index is 562. The van der Waals surface area contributed by atoms with Crippen molar-refractivity contribution >= 4 is 14.1 Å². The van der Waals surface area contributed by atoms with Crippen molar-refractivity contribution in [1.29, 1.82) is 5.26 Å². The maximum atomic E-state index is 12.3. The van der Waals surface area contributed by atoms with Crippen LogP contribution in [0.2, 0.25) is 18.1 Å². The van der Waals surface area contributed by atoms with E-state index in [-0.39, 0.29) is 16.7 Å². The van der Waals surface area contributed by atoms with Crippen molar-refractivity contribution in [1.82, 2.24) is 0 Å². The summed E-state index contributed by atoms with van der Waals surface area (Å²) in [6.07, 6.45) is 0. The lowest BCUT2D eigenvalue weighted by Gasteiger charge is -2.36. The molecule has 0 amide bonds. The number of hydrogen-bond donors (Lipinski definition) is 0. The van der Waals surface area contributed by atoms with Gasteiger partial charge in [-0.25, -0.2) is 0 Å². The highest BCUT2D eigenvalue weighted by Gasteiger charge is 2.39. The minimum atomic E-state index is -1.87. The number of Topliss-reactive ketones (excluding diaryl/α,β-unsaturated/α-hetero) is 1. The lowest BCUT2D eigenvalue weighted by molar-refractivity contribution is 0.0924. The molecule has 0 saturated carbocycles. The van der Waals surface area contributed by atoms with Gasteiger partial charge in [-0.3, -0.25) is 4.79 Å². The lowest BCUT2D eigenvalue weighted by Crippen LogP contribution is -2.43. The molecule has 0 aliphatic carbocycles. The molecule has 1 aromatic rings. The number of rotatable bonds is 5. The van der Waals surface area contributed by atoms with Gasteiger partial charge in [0.1, 0.15) is 11.7 Å². The second kappa shape index (κ2) is 6.66. The molecule has 1 atom stereocenters. The van der Waals surface area contributed by atoms with Gasteiger partial charge in [0.25, 0.3) is 0 Å². The molecule has 0 saturated heterocycles. The van der Waals surface area contributed by atoms with Crippen LogP contribution in [0.4, 0.5) is 0 Å². The largest absolute Gasteiger partial charge is 0.544 e. The van der Waals surface area contributed by atoms with Gasteiger partial charge < -0.3 is 4.43 Å². The molecule has 0 heterocycles. The summed E-state index contributed by atoms with van der Waals surface area (Å²) in [6, 6.07) is 9.29. The maximum Gasteiger partial charge on any atom is 0.250 e. The average molecular weight is 318 g/mol. The van der Waals surface area contributed by atoms with Crippen molar-refractivity contribution in [2.24, 2.45) is 11.8 Å². The molecule has 4 heteroatoms. The highest BCUT2D eigenvalue weighted by Crippen LogP contribution is 2.37. The number of carbonyl (C=O) groups excluding carboxylic acids is 1. The van der Waals surface area contributed by atoms with Crippen molar-refractivity contribution < 1.29 is 9.22 Å². The Morgan fingerprint density at radius 1 is 1.18 bits per heavy atom. The van der Waals surface area contributed by atoms with Gasteiger partial charge >= 0.3 is 0 Å². The summed E-state index contributed by atoms with van der Waals surface area (Å²) in [5, 5.41) is 9.27. The van der Waals surface area contributed by atoms with Gasteiger partial charge in [-0.05, 0) is 48.3 Å². The minimum Gasteiger partial charge on any atom is -0.544 e. The third-order valence-corrected chi connectivity index (χ3v) is 8.76. The van der Waals surface area contributed by atoms with Crippen LogP contribution in [0.25, 0.3) is 0 Å². The second-order valence-electron chi connectivity index (χ2n) is 7.60. The molecule has 1 aromatic carbocycles. The lowest BCUT2D eigenvalue weighted by atomic mass is 9.89. The predicted octanol–water partition coefficient (Wildman–Crippen LogP) is 5.05. The smallest absolute Gasteiger partial charge is 0.250 e. The first-order chi connectivity index (χ1) is 9.99. The zero-order chi connectivity index (χ0) is 17.1. The van der Waals surface area contributed by atoms with Gasteiger partial charge in [0, 0.05) is 5.56 Å². The fourth-order valence-electron chi connectivity index (χ4n) is 1.82. The van der Waals surface area contributed by atoms with Gasteiger partial charge in [0.05, 0.1) is 6.07 Å². The standard InChI is InChI=1S/C18H27NO2Si/c1-13(2)16(12-19)17(20)14-8-10-15(11-9-14)21-22(6,7)18(3,4)5/h8-11,13,16H,1-7H3. The van der Waals surface area contributed by atoms with Crippen molar-refractivity contribution in [3.05, 3.63) is 29.8 Å². The van der Waals surface area contributed by atoms with E-state index in [9.17, 15) is 4.79 Å². The molecule has 0 aromatic heterocycles. The molecule has 0 fully saturated rings.